The van der Waals surface area contributed by atoms with E-state index in [4.69, 9.17) is 22.9 Å². The molecule has 91 heavy (non-hydrogen) atoms. The average molecular weight is 1320 g/mol. The molecule has 23 N–H and O–H groups in total. The van der Waals surface area contributed by atoms with E-state index in [0.29, 0.717) is 17.8 Å². The summed E-state index contributed by atoms with van der Waals surface area (Å²) in [7, 11) is 1.86. The third-order valence-corrected chi connectivity index (χ3v) is 16.6. The molecule has 0 saturated carbocycles. The lowest BCUT2D eigenvalue weighted by atomic mass is 10.0. The molecule has 2 aromatic heterocycles. The Labute approximate surface area is 531 Å². The first-order valence-electron chi connectivity index (χ1n) is 28.9. The van der Waals surface area contributed by atoms with E-state index in [1.807, 2.05) is 0 Å². The van der Waals surface area contributed by atoms with Gasteiger partial charge in [-0.25, -0.2) is 9.97 Å². The number of carboxylic acids is 1. The molecule has 0 aromatic carbocycles. The Morgan fingerprint density at radius 3 is 1.87 bits per heavy atom. The number of carboxylic acid groups (broad SMARTS) is 1. The zero-order chi connectivity index (χ0) is 68.0. The molecule has 0 aliphatic carbocycles. The average Bonchev–Trinajstić information content (AvgIpc) is 1.56. The zero-order valence-corrected chi connectivity index (χ0v) is 53.0. The van der Waals surface area contributed by atoms with Gasteiger partial charge in [0, 0.05) is 60.6 Å². The highest BCUT2D eigenvalue weighted by molar-refractivity contribution is 8.77. The number of carbonyl (C=O) groups is 14. The molecule has 0 bridgehead atoms. The number of nitrogens with one attached hydrogen (secondary N) is 14. The van der Waals surface area contributed by atoms with Crippen molar-refractivity contribution in [3.8, 4) is 0 Å². The van der Waals surface area contributed by atoms with Gasteiger partial charge >= 0.3 is 5.97 Å². The molecule has 0 radical (unpaired) electrons. The molecule has 2 aromatic rings. The summed E-state index contributed by atoms with van der Waals surface area (Å²) in [4.78, 5) is 204. The van der Waals surface area contributed by atoms with E-state index in [2.05, 4.69) is 88.7 Å². The fourth-order valence-electron chi connectivity index (χ4n) is 8.64. The Morgan fingerprint density at radius 1 is 0.703 bits per heavy atom. The Kier molecular flexibility index (Phi) is 32.2. The van der Waals surface area contributed by atoms with Crippen LogP contribution in [0.4, 0.5) is 0 Å². The van der Waals surface area contributed by atoms with Crippen LogP contribution in [-0.4, -0.2) is 211 Å². The number of amides is 13. The van der Waals surface area contributed by atoms with Crippen LogP contribution < -0.4 is 86.7 Å². The van der Waals surface area contributed by atoms with Crippen molar-refractivity contribution in [2.75, 3.05) is 38.5 Å². The maximum Gasteiger partial charge on any atom is 0.305 e. The van der Waals surface area contributed by atoms with E-state index in [1.165, 1.54) is 52.7 Å². The topological polar surface area (TPSA) is 577 Å². The second kappa shape index (κ2) is 38.5. The number of hydrogen-bond acceptors (Lipinski definition) is 20. The van der Waals surface area contributed by atoms with E-state index in [0.717, 1.165) is 21.6 Å². The van der Waals surface area contributed by atoms with E-state index in [-0.39, 0.29) is 75.7 Å². The number of aromatic amines is 2. The van der Waals surface area contributed by atoms with E-state index >= 15 is 0 Å². The van der Waals surface area contributed by atoms with Gasteiger partial charge in [0.05, 0.1) is 38.7 Å². The summed E-state index contributed by atoms with van der Waals surface area (Å²) in [6.07, 6.45) is 5.33. The van der Waals surface area contributed by atoms with Gasteiger partial charge in [-0.05, 0) is 71.8 Å². The highest BCUT2D eigenvalue weighted by atomic mass is 33.1. The highest BCUT2D eigenvalue weighted by Gasteiger charge is 2.40. The lowest BCUT2D eigenvalue weighted by Gasteiger charge is -2.33. The number of unbranched alkanes of at least 4 members (excludes halogenated alkanes) is 1. The standard InChI is InChI=1S/C53H85N21O15S2/c1-26(2)14-33(71-49(87)35(16-30-19-59-25-65-30)72-48(86)34(67-28(4)75)15-29-18-58-24-64-29)46(84)62-20-38(76)61-21-39(77)66-27(3)44(82)69-32(10-7-8-12-54)47(85)73-37-23-90-91-53(5,6)42(43(55)81)74-50(88)36(17-41(79)80)68-40(78)22-63-45(83)31(70-51(37)89)11-9-13-60-52(56)57/h18-19,24-27,31-37,42H,7-17,20-23,54H2,1-6H3,(H2,55,81)(H,58,64)(H,59,65)(H,61,76)(H,62,84)(H,63,83)(H,66,77)(H,67,75)(H,68,78)(H,69,82)(H,70,89)(H,71,87)(H,72,86)(H,73,85)(H,74,88)(H,79,80)(H4,56,57,60)/t27-,31-,32-,33-,34-,35-,36-,37-,42-/m0/s1. The van der Waals surface area contributed by atoms with Crippen LogP contribution in [0, 0.1) is 5.92 Å². The first-order chi connectivity index (χ1) is 42.9. The van der Waals surface area contributed by atoms with Gasteiger partial charge < -0.3 is 102 Å². The molecule has 38 heteroatoms. The monoisotopic (exact) mass is 1320 g/mol. The molecule has 9 atom stereocenters. The SMILES string of the molecule is CC(=O)N[C@@H](Cc1cnc[nH]1)C(=O)N[C@@H](Cc1cnc[nH]1)C(=O)N[C@@H](CC(C)C)C(=O)NCC(=O)NCC(=O)N[C@@H](C)C(=O)N[C@@H](CCCCN)C(=O)N[C@H]1CSSC(C)(C)[C@H](C(N)=O)NC(=O)[C@H](CC(=O)O)NC(=O)CNC(=O)[C@H](CCCN=C(N)N)NC1=O. The summed E-state index contributed by atoms with van der Waals surface area (Å²) in [5.74, 6) is -13.5. The molecule has 36 nitrogen and oxygen atoms in total. The lowest BCUT2D eigenvalue weighted by Crippen LogP contribution is -2.59. The van der Waals surface area contributed by atoms with Crippen LogP contribution in [0.5, 0.6) is 0 Å². The second-order valence-corrected chi connectivity index (χ2v) is 25.0. The second-order valence-electron chi connectivity index (χ2n) is 22.0. The van der Waals surface area contributed by atoms with Crippen molar-refractivity contribution in [3.05, 3.63) is 36.4 Å². The number of rotatable bonds is 32. The molecule has 1 aliphatic rings. The first kappa shape index (κ1) is 76.2. The molecule has 1 saturated heterocycles. The van der Waals surface area contributed by atoms with Crippen LogP contribution in [0.3, 0.4) is 0 Å². The molecule has 1 aliphatic heterocycles. The first-order valence-corrected chi connectivity index (χ1v) is 31.2. The Bertz CT molecular complexity index is 2880. The minimum absolute atomic E-state index is 0.000237. The molecular formula is C53H85N21O15S2. The molecule has 3 rings (SSSR count). The van der Waals surface area contributed by atoms with Crippen LogP contribution in [-0.2, 0) is 80.0 Å². The van der Waals surface area contributed by atoms with E-state index in [1.54, 1.807) is 13.8 Å². The number of guanidine groups is 1. The Morgan fingerprint density at radius 2 is 1.31 bits per heavy atom. The normalized spacial score (nSPS) is 18.8. The van der Waals surface area contributed by atoms with Crippen LogP contribution in [0.1, 0.15) is 97.9 Å². The van der Waals surface area contributed by atoms with Gasteiger partial charge in [0.2, 0.25) is 76.8 Å². The summed E-state index contributed by atoms with van der Waals surface area (Å²) >= 11 is 0. The van der Waals surface area contributed by atoms with Crippen molar-refractivity contribution in [3.63, 3.8) is 0 Å². The van der Waals surface area contributed by atoms with Crippen LogP contribution in [0.25, 0.3) is 0 Å². The van der Waals surface area contributed by atoms with Gasteiger partial charge in [-0.15, -0.1) is 0 Å². The van der Waals surface area contributed by atoms with Gasteiger partial charge in [-0.2, -0.15) is 0 Å². The summed E-state index contributed by atoms with van der Waals surface area (Å²) in [6, 6.07) is -12.6. The number of imidazole rings is 2. The third-order valence-electron chi connectivity index (χ3n) is 13.3. The van der Waals surface area contributed by atoms with Gasteiger partial charge in [0.1, 0.15) is 54.4 Å². The molecule has 0 unspecified atom stereocenters. The third kappa shape index (κ3) is 28.5. The minimum atomic E-state index is -1.73. The van der Waals surface area contributed by atoms with Crippen LogP contribution in [0.2, 0.25) is 0 Å². The summed E-state index contributed by atoms with van der Waals surface area (Å²) in [5.41, 5.74) is 23.3. The number of primary amides is 1. The zero-order valence-electron chi connectivity index (χ0n) is 51.3. The fourth-order valence-corrected chi connectivity index (χ4v) is 11.5. The number of aliphatic imine (C=N–C) groups is 1. The van der Waals surface area contributed by atoms with Gasteiger partial charge in [-0.1, -0.05) is 35.4 Å². The number of carbonyl (C=O) groups excluding carboxylic acids is 13. The molecule has 0 spiro atoms. The number of aromatic nitrogens is 4. The molecule has 504 valence electrons. The molecule has 13 amide bonds. The largest absolute Gasteiger partial charge is 0.481 e. The van der Waals surface area contributed by atoms with E-state index < -0.39 is 168 Å². The van der Waals surface area contributed by atoms with Crippen LogP contribution in [0.15, 0.2) is 30.0 Å². The lowest BCUT2D eigenvalue weighted by molar-refractivity contribution is -0.141. The summed E-state index contributed by atoms with van der Waals surface area (Å²) in [5, 5.41) is 39.2. The number of nitrogens with two attached hydrogens (primary N) is 4. The minimum Gasteiger partial charge on any atom is -0.481 e. The number of H-pyrrole nitrogens is 2. The van der Waals surface area contributed by atoms with Crippen molar-refractivity contribution in [1.82, 2.24) is 83.7 Å². The fraction of sp³-hybridized carbons (Fsp3) is 0.604. The van der Waals surface area contributed by atoms with Gasteiger partial charge in [0.15, 0.2) is 5.96 Å². The molecular weight excluding hydrogens is 1230 g/mol. The van der Waals surface area contributed by atoms with Crippen molar-refractivity contribution in [2.24, 2.45) is 33.8 Å². The van der Waals surface area contributed by atoms with Crippen molar-refractivity contribution in [1.29, 1.82) is 0 Å². The summed E-state index contributed by atoms with van der Waals surface area (Å²) < 4.78 is -1.33. The van der Waals surface area contributed by atoms with Crippen molar-refractivity contribution < 1.29 is 72.2 Å². The predicted octanol–water partition coefficient (Wildman–Crippen LogP) is -6.97. The van der Waals surface area contributed by atoms with Crippen LogP contribution >= 0.6 is 21.6 Å². The number of aliphatic carboxylic acids is 1. The molecule has 3 heterocycles. The van der Waals surface area contributed by atoms with Gasteiger partial charge in [0.25, 0.3) is 0 Å². The quantitative estimate of drug-likeness (QED) is 0.0140. The highest BCUT2D eigenvalue weighted by Crippen LogP contribution is 2.38. The van der Waals surface area contributed by atoms with E-state index in [9.17, 15) is 72.2 Å². The Hall–Kier alpha value is -9.07. The Balaban J connectivity index is 1.75. The molecule has 1 fully saturated rings. The van der Waals surface area contributed by atoms with Crippen molar-refractivity contribution >= 4 is 110 Å². The van der Waals surface area contributed by atoms with Gasteiger partial charge in [-0.3, -0.25) is 72.1 Å². The van der Waals surface area contributed by atoms with Crippen molar-refractivity contribution in [2.45, 2.75) is 158 Å². The number of nitrogens with zero attached hydrogens (tertiary/aromatic N) is 3. The predicted molar refractivity (Wildman–Crippen MR) is 330 cm³/mol. The summed E-state index contributed by atoms with van der Waals surface area (Å²) in [6.45, 7) is 7.08. The maximum absolute atomic E-state index is 14.3. The maximum atomic E-state index is 14.3. The number of hydrogen-bond donors (Lipinski definition) is 19. The smallest absolute Gasteiger partial charge is 0.305 e.